The molecule has 3 heterocycles. The number of nitrogens with zero attached hydrogens (tertiary/aromatic N) is 4. The molecule has 0 aliphatic heterocycles. The van der Waals surface area contributed by atoms with E-state index in [1.807, 2.05) is 37.3 Å². The third-order valence-electron chi connectivity index (χ3n) is 4.77. The summed E-state index contributed by atoms with van der Waals surface area (Å²) in [4.78, 5) is 22.3. The van der Waals surface area contributed by atoms with Crippen molar-refractivity contribution in [3.05, 3.63) is 66.5 Å². The summed E-state index contributed by atoms with van der Waals surface area (Å²) in [6, 6.07) is 15.0. The molecule has 0 fully saturated rings. The minimum atomic E-state index is -0.287. The minimum absolute atomic E-state index is 0.287. The van der Waals surface area contributed by atoms with Gasteiger partial charge in [0.1, 0.15) is 12.3 Å². The van der Waals surface area contributed by atoms with Gasteiger partial charge in [0.2, 0.25) is 5.88 Å². The number of carbonyl (C=O) groups excluding carboxylic acids is 1. The van der Waals surface area contributed by atoms with Crippen molar-refractivity contribution in [3.8, 4) is 17.1 Å². The van der Waals surface area contributed by atoms with Gasteiger partial charge in [0.15, 0.2) is 5.65 Å². The van der Waals surface area contributed by atoms with Gasteiger partial charge in [-0.2, -0.15) is 5.10 Å². The summed E-state index contributed by atoms with van der Waals surface area (Å²) in [7, 11) is 1.60. The Labute approximate surface area is 179 Å². The van der Waals surface area contributed by atoms with Crippen LogP contribution in [-0.2, 0) is 11.3 Å². The van der Waals surface area contributed by atoms with E-state index in [1.54, 1.807) is 42.4 Å². The van der Waals surface area contributed by atoms with E-state index in [0.29, 0.717) is 53.6 Å². The average Bonchev–Trinajstić information content (AvgIpc) is 3.23. The van der Waals surface area contributed by atoms with E-state index in [0.717, 1.165) is 5.56 Å². The summed E-state index contributed by atoms with van der Waals surface area (Å²) in [6.07, 6.45) is 3.29. The van der Waals surface area contributed by atoms with Crippen LogP contribution in [0.15, 0.2) is 60.9 Å². The topological polar surface area (TPSA) is 91.2 Å². The van der Waals surface area contributed by atoms with Gasteiger partial charge in [0.05, 0.1) is 29.4 Å². The van der Waals surface area contributed by atoms with Crippen LogP contribution in [0.1, 0.15) is 17.3 Å². The molecular formula is C23H23N5O3. The number of aromatic nitrogens is 4. The standard InChI is InChI=1S/C23H23N5O3/c1-3-28-21-18(15-25-28)17(14-20(26-21)16-8-5-4-6-9-16)22(29)27-19-10-7-11-24-23(19)31-13-12-30-2/h4-11,14-15H,3,12-13H2,1-2H3,(H,27,29). The first-order valence-electron chi connectivity index (χ1n) is 10.0. The van der Waals surface area contributed by atoms with Gasteiger partial charge in [-0.3, -0.25) is 4.79 Å². The first-order valence-corrected chi connectivity index (χ1v) is 10.0. The van der Waals surface area contributed by atoms with Crippen LogP contribution in [0.25, 0.3) is 22.3 Å². The second-order valence-corrected chi connectivity index (χ2v) is 6.77. The van der Waals surface area contributed by atoms with Crippen LogP contribution in [0.5, 0.6) is 5.88 Å². The van der Waals surface area contributed by atoms with Crippen LogP contribution < -0.4 is 10.1 Å². The van der Waals surface area contributed by atoms with E-state index in [1.165, 1.54) is 0 Å². The van der Waals surface area contributed by atoms with E-state index in [4.69, 9.17) is 14.5 Å². The summed E-state index contributed by atoms with van der Waals surface area (Å²) >= 11 is 0. The lowest BCUT2D eigenvalue weighted by atomic mass is 10.1. The zero-order valence-corrected chi connectivity index (χ0v) is 17.4. The number of ether oxygens (including phenoxy) is 2. The number of fused-ring (bicyclic) bond motifs is 1. The van der Waals surface area contributed by atoms with Gasteiger partial charge in [0, 0.05) is 25.4 Å². The Morgan fingerprint density at radius 2 is 1.97 bits per heavy atom. The highest BCUT2D eigenvalue weighted by molar-refractivity contribution is 6.13. The van der Waals surface area contributed by atoms with Crippen molar-refractivity contribution in [3.63, 3.8) is 0 Å². The number of pyridine rings is 2. The molecule has 0 spiro atoms. The van der Waals surface area contributed by atoms with Gasteiger partial charge in [-0.15, -0.1) is 0 Å². The van der Waals surface area contributed by atoms with Crippen LogP contribution in [0.3, 0.4) is 0 Å². The molecule has 0 atom stereocenters. The lowest BCUT2D eigenvalue weighted by Gasteiger charge is -2.12. The fraction of sp³-hybridized carbons (Fsp3) is 0.217. The number of methoxy groups -OCH3 is 1. The molecule has 0 aliphatic rings. The number of anilines is 1. The fourth-order valence-corrected chi connectivity index (χ4v) is 3.24. The van der Waals surface area contributed by atoms with Crippen LogP contribution in [-0.4, -0.2) is 46.0 Å². The van der Waals surface area contributed by atoms with Gasteiger partial charge < -0.3 is 14.8 Å². The molecule has 0 bridgehead atoms. The van der Waals surface area contributed by atoms with Gasteiger partial charge in [0.25, 0.3) is 5.91 Å². The van der Waals surface area contributed by atoms with Gasteiger partial charge in [-0.25, -0.2) is 14.6 Å². The zero-order valence-electron chi connectivity index (χ0n) is 17.4. The normalized spacial score (nSPS) is 10.9. The Hall–Kier alpha value is -3.78. The van der Waals surface area contributed by atoms with Gasteiger partial charge in [-0.05, 0) is 25.1 Å². The summed E-state index contributed by atoms with van der Waals surface area (Å²) in [5.74, 6) is 0.0514. The SMILES string of the molecule is CCn1ncc2c(C(=O)Nc3cccnc3OCCOC)cc(-c3ccccc3)nc21. The third kappa shape index (κ3) is 4.39. The Bertz CT molecular complexity index is 1190. The first kappa shape index (κ1) is 20.5. The van der Waals surface area contributed by atoms with E-state index in [2.05, 4.69) is 15.4 Å². The van der Waals surface area contributed by atoms with Crippen molar-refractivity contribution in [2.75, 3.05) is 25.6 Å². The van der Waals surface area contributed by atoms with Gasteiger partial charge >= 0.3 is 0 Å². The van der Waals surface area contributed by atoms with Crippen molar-refractivity contribution >= 4 is 22.6 Å². The monoisotopic (exact) mass is 417 g/mol. The van der Waals surface area contributed by atoms with Crippen molar-refractivity contribution < 1.29 is 14.3 Å². The van der Waals surface area contributed by atoms with Crippen LogP contribution in [0, 0.1) is 0 Å². The Balaban J connectivity index is 1.72. The van der Waals surface area contributed by atoms with Crippen LogP contribution in [0.4, 0.5) is 5.69 Å². The molecule has 31 heavy (non-hydrogen) atoms. The number of carbonyl (C=O) groups is 1. The zero-order chi connectivity index (χ0) is 21.6. The predicted molar refractivity (Wildman–Crippen MR) is 118 cm³/mol. The predicted octanol–water partition coefficient (Wildman–Crippen LogP) is 3.79. The lowest BCUT2D eigenvalue weighted by molar-refractivity contribution is 0.102. The molecule has 1 amide bonds. The maximum Gasteiger partial charge on any atom is 0.256 e. The van der Waals surface area contributed by atoms with Crippen molar-refractivity contribution in [1.29, 1.82) is 0 Å². The molecule has 0 radical (unpaired) electrons. The van der Waals surface area contributed by atoms with Crippen LogP contribution >= 0.6 is 0 Å². The maximum absolute atomic E-state index is 13.3. The van der Waals surface area contributed by atoms with Crippen molar-refractivity contribution in [2.45, 2.75) is 13.5 Å². The maximum atomic E-state index is 13.3. The lowest BCUT2D eigenvalue weighted by Crippen LogP contribution is -2.15. The van der Waals surface area contributed by atoms with E-state index < -0.39 is 0 Å². The highest BCUT2D eigenvalue weighted by Gasteiger charge is 2.19. The quantitative estimate of drug-likeness (QED) is 0.439. The highest BCUT2D eigenvalue weighted by atomic mass is 16.5. The number of amides is 1. The molecule has 8 heteroatoms. The van der Waals surface area contributed by atoms with Crippen molar-refractivity contribution in [2.24, 2.45) is 0 Å². The number of rotatable bonds is 8. The summed E-state index contributed by atoms with van der Waals surface area (Å²) in [5.41, 5.74) is 3.26. The second-order valence-electron chi connectivity index (χ2n) is 6.77. The molecule has 1 N–H and O–H groups in total. The van der Waals surface area contributed by atoms with E-state index in [9.17, 15) is 4.79 Å². The summed E-state index contributed by atoms with van der Waals surface area (Å²) < 4.78 is 12.4. The second kappa shape index (κ2) is 9.36. The number of benzene rings is 1. The summed E-state index contributed by atoms with van der Waals surface area (Å²) in [5, 5.41) is 7.99. The molecule has 1 aromatic carbocycles. The molecule has 158 valence electrons. The first-order chi connectivity index (χ1) is 15.2. The molecule has 3 aromatic heterocycles. The number of hydrogen-bond donors (Lipinski definition) is 1. The molecule has 4 aromatic rings. The molecule has 0 saturated carbocycles. The number of aryl methyl sites for hydroxylation is 1. The molecule has 0 saturated heterocycles. The van der Waals surface area contributed by atoms with Gasteiger partial charge in [-0.1, -0.05) is 30.3 Å². The average molecular weight is 417 g/mol. The van der Waals surface area contributed by atoms with E-state index >= 15 is 0 Å². The molecule has 0 unspecified atom stereocenters. The highest BCUT2D eigenvalue weighted by Crippen LogP contribution is 2.27. The largest absolute Gasteiger partial charge is 0.474 e. The Morgan fingerprint density at radius 1 is 1.13 bits per heavy atom. The molecule has 8 nitrogen and oxygen atoms in total. The molecule has 4 rings (SSSR count). The molecular weight excluding hydrogens is 394 g/mol. The van der Waals surface area contributed by atoms with Crippen LogP contribution in [0.2, 0.25) is 0 Å². The fourth-order valence-electron chi connectivity index (χ4n) is 3.24. The smallest absolute Gasteiger partial charge is 0.256 e. The Kier molecular flexibility index (Phi) is 6.18. The number of nitrogens with one attached hydrogen (secondary N) is 1. The summed E-state index contributed by atoms with van der Waals surface area (Å²) in [6.45, 7) is 3.39. The minimum Gasteiger partial charge on any atom is -0.474 e. The van der Waals surface area contributed by atoms with Crippen molar-refractivity contribution in [1.82, 2.24) is 19.7 Å². The molecule has 0 aliphatic carbocycles. The Morgan fingerprint density at radius 3 is 2.74 bits per heavy atom. The van der Waals surface area contributed by atoms with E-state index in [-0.39, 0.29) is 5.91 Å². The number of hydrogen-bond acceptors (Lipinski definition) is 6. The third-order valence-corrected chi connectivity index (χ3v) is 4.77.